The van der Waals surface area contributed by atoms with Crippen LogP contribution in [0.1, 0.15) is 59.3 Å². The summed E-state index contributed by atoms with van der Waals surface area (Å²) in [5.74, 6) is 0.917. The van der Waals surface area contributed by atoms with Crippen molar-refractivity contribution in [2.45, 2.75) is 68.2 Å². The van der Waals surface area contributed by atoms with Crippen molar-refractivity contribution in [3.63, 3.8) is 0 Å². The van der Waals surface area contributed by atoms with Crippen LogP contribution in [0.5, 0.6) is 0 Å². The molecule has 13 heavy (non-hydrogen) atoms. The van der Waals surface area contributed by atoms with Gasteiger partial charge in [-0.25, -0.2) is 0 Å². The van der Waals surface area contributed by atoms with E-state index >= 15 is 0 Å². The summed E-state index contributed by atoms with van der Waals surface area (Å²) in [5, 5.41) is 0. The van der Waals surface area contributed by atoms with E-state index in [1.807, 2.05) is 0 Å². The molecule has 0 aromatic rings. The summed E-state index contributed by atoms with van der Waals surface area (Å²) >= 11 is 0.103. The minimum absolute atomic E-state index is 0.103. The van der Waals surface area contributed by atoms with Crippen molar-refractivity contribution in [2.24, 2.45) is 5.92 Å². The van der Waals surface area contributed by atoms with Crippen LogP contribution in [-0.4, -0.2) is 21.1 Å². The minimum atomic E-state index is 0.103. The van der Waals surface area contributed by atoms with Crippen molar-refractivity contribution in [1.29, 1.82) is 0 Å². The molecule has 0 saturated carbocycles. The van der Waals surface area contributed by atoms with E-state index in [9.17, 15) is 0 Å². The third-order valence-corrected chi connectivity index (χ3v) is 6.38. The van der Waals surface area contributed by atoms with Gasteiger partial charge in [-0.1, -0.05) is 0 Å². The molecule has 0 saturated heterocycles. The molecule has 0 aromatic heterocycles. The van der Waals surface area contributed by atoms with Crippen molar-refractivity contribution in [1.82, 2.24) is 0 Å². The van der Waals surface area contributed by atoms with Gasteiger partial charge in [0, 0.05) is 0 Å². The molecule has 0 spiro atoms. The van der Waals surface area contributed by atoms with Gasteiger partial charge in [0.25, 0.3) is 0 Å². The Kier molecular flexibility index (Phi) is 11.5. The van der Waals surface area contributed by atoms with Crippen LogP contribution in [0.3, 0.4) is 0 Å². The van der Waals surface area contributed by atoms with Crippen LogP contribution in [0.25, 0.3) is 0 Å². The van der Waals surface area contributed by atoms with Crippen molar-refractivity contribution < 1.29 is 0 Å². The molecule has 0 aliphatic rings. The van der Waals surface area contributed by atoms with Crippen LogP contribution in [-0.2, 0) is 0 Å². The van der Waals surface area contributed by atoms with E-state index in [-0.39, 0.29) is 21.1 Å². The molecule has 0 N–H and O–H groups in total. The third-order valence-electron chi connectivity index (χ3n) is 2.34. The van der Waals surface area contributed by atoms with Gasteiger partial charge in [0.1, 0.15) is 0 Å². The second-order valence-corrected chi connectivity index (χ2v) is 8.63. The maximum absolute atomic E-state index is 2.33. The van der Waals surface area contributed by atoms with Gasteiger partial charge in [0.15, 0.2) is 0 Å². The first-order valence-electron chi connectivity index (χ1n) is 5.98. The standard InChI is InChI=1S/C8H17.C4H9.Sn/c1-4-5-6-7-8(2)3;1-3-4-2;/h8H,1,4-7H2,2-3H3;1,3-4H2,2H3;/q;;+2. The Morgan fingerprint density at radius 1 is 0.923 bits per heavy atom. The topological polar surface area (TPSA) is 0 Å². The van der Waals surface area contributed by atoms with E-state index in [0.717, 1.165) is 5.92 Å². The van der Waals surface area contributed by atoms with Gasteiger partial charge in [-0.3, -0.25) is 0 Å². The average Bonchev–Trinajstić information content (AvgIpc) is 2.09. The molecule has 0 unspecified atom stereocenters. The molecule has 0 amide bonds. The average molecular weight is 289 g/mol. The monoisotopic (exact) mass is 290 g/mol. The predicted molar refractivity (Wildman–Crippen MR) is 63.6 cm³/mol. The molecule has 0 aromatic carbocycles. The van der Waals surface area contributed by atoms with E-state index in [1.165, 1.54) is 32.1 Å². The molecule has 0 heterocycles. The second-order valence-electron chi connectivity index (χ2n) is 4.35. The Hall–Kier alpha value is 0.799. The number of hydrogen-bond donors (Lipinski definition) is 0. The predicted octanol–water partition coefficient (Wildman–Crippen LogP) is 4.54. The zero-order chi connectivity index (χ0) is 9.94. The molecule has 1 heteroatoms. The summed E-state index contributed by atoms with van der Waals surface area (Å²) in [7, 11) is 0. The SMILES string of the molecule is CCC[CH2][Sn+2][CH2]CCCCC(C)C. The molecule has 0 fully saturated rings. The summed E-state index contributed by atoms with van der Waals surface area (Å²) in [6, 6.07) is 0. The molecule has 0 nitrogen and oxygen atoms in total. The summed E-state index contributed by atoms with van der Waals surface area (Å²) in [5.41, 5.74) is 0. The summed E-state index contributed by atoms with van der Waals surface area (Å²) in [6.07, 6.45) is 8.89. The van der Waals surface area contributed by atoms with Gasteiger partial charge in [0.05, 0.1) is 0 Å². The van der Waals surface area contributed by atoms with Gasteiger partial charge >= 0.3 is 95.2 Å². The summed E-state index contributed by atoms with van der Waals surface area (Å²) in [4.78, 5) is 0. The molecule has 0 atom stereocenters. The molecular weight excluding hydrogens is 263 g/mol. The van der Waals surface area contributed by atoms with Crippen LogP contribution in [0, 0.1) is 5.92 Å². The number of rotatable bonds is 9. The van der Waals surface area contributed by atoms with E-state index < -0.39 is 0 Å². The first kappa shape index (κ1) is 13.8. The van der Waals surface area contributed by atoms with E-state index in [0.29, 0.717) is 0 Å². The van der Waals surface area contributed by atoms with Crippen molar-refractivity contribution >= 4 is 21.1 Å². The van der Waals surface area contributed by atoms with Crippen molar-refractivity contribution in [3.8, 4) is 0 Å². The number of unbranched alkanes of at least 4 members (excludes halogenated alkanes) is 3. The Morgan fingerprint density at radius 3 is 2.23 bits per heavy atom. The van der Waals surface area contributed by atoms with E-state index in [2.05, 4.69) is 20.8 Å². The molecule has 0 radical (unpaired) electrons. The quantitative estimate of drug-likeness (QED) is 0.431. The van der Waals surface area contributed by atoms with Crippen LogP contribution >= 0.6 is 0 Å². The van der Waals surface area contributed by atoms with E-state index in [1.54, 1.807) is 15.3 Å². The molecule has 0 rings (SSSR count). The van der Waals surface area contributed by atoms with Crippen LogP contribution in [0.2, 0.25) is 8.87 Å². The van der Waals surface area contributed by atoms with Crippen molar-refractivity contribution in [2.75, 3.05) is 0 Å². The zero-order valence-electron chi connectivity index (χ0n) is 9.73. The first-order valence-corrected chi connectivity index (χ1v) is 10.0. The van der Waals surface area contributed by atoms with Gasteiger partial charge in [-0.2, -0.15) is 0 Å². The molecular formula is C12H26Sn+2. The molecule has 0 aliphatic carbocycles. The Balaban J connectivity index is 2.84. The van der Waals surface area contributed by atoms with Gasteiger partial charge in [-0.15, -0.1) is 0 Å². The molecule has 0 aliphatic heterocycles. The fourth-order valence-electron chi connectivity index (χ4n) is 1.41. The van der Waals surface area contributed by atoms with Crippen LogP contribution in [0.15, 0.2) is 0 Å². The molecule has 0 bridgehead atoms. The number of hydrogen-bond acceptors (Lipinski definition) is 0. The van der Waals surface area contributed by atoms with Gasteiger partial charge < -0.3 is 0 Å². The van der Waals surface area contributed by atoms with Crippen molar-refractivity contribution in [3.05, 3.63) is 0 Å². The Bertz CT molecular complexity index is 89.1. The van der Waals surface area contributed by atoms with Crippen LogP contribution in [0.4, 0.5) is 0 Å². The fraction of sp³-hybridized carbons (Fsp3) is 1.00. The Morgan fingerprint density at radius 2 is 1.62 bits per heavy atom. The normalized spacial score (nSPS) is 10.5. The van der Waals surface area contributed by atoms with E-state index in [4.69, 9.17) is 0 Å². The summed E-state index contributed by atoms with van der Waals surface area (Å²) < 4.78 is 3.27. The van der Waals surface area contributed by atoms with Gasteiger partial charge in [0.2, 0.25) is 0 Å². The second kappa shape index (κ2) is 10.9. The first-order chi connectivity index (χ1) is 6.27. The fourth-order valence-corrected chi connectivity index (χ4v) is 5.27. The summed E-state index contributed by atoms with van der Waals surface area (Å²) in [6.45, 7) is 6.97. The third kappa shape index (κ3) is 12.8. The Labute approximate surface area is 95.1 Å². The van der Waals surface area contributed by atoms with Gasteiger partial charge in [-0.05, 0) is 0 Å². The zero-order valence-corrected chi connectivity index (χ0v) is 12.6. The van der Waals surface area contributed by atoms with Crippen LogP contribution < -0.4 is 0 Å². The molecule has 76 valence electrons. The maximum atomic E-state index is 2.33.